The van der Waals surface area contributed by atoms with Gasteiger partial charge in [-0.2, -0.15) is 0 Å². The predicted octanol–water partition coefficient (Wildman–Crippen LogP) is 2.24. The number of nitrogens with zero attached hydrogens (tertiary/aromatic N) is 3. The van der Waals surface area contributed by atoms with E-state index in [0.29, 0.717) is 5.56 Å². The Balaban J connectivity index is 1.33. The normalized spacial score (nSPS) is 21.6. The zero-order valence-electron chi connectivity index (χ0n) is 20.6. The van der Waals surface area contributed by atoms with Gasteiger partial charge in [-0.1, -0.05) is 24.3 Å². The Morgan fingerprint density at radius 3 is 2.65 bits per heavy atom. The highest BCUT2D eigenvalue weighted by Crippen LogP contribution is 2.54. The minimum Gasteiger partial charge on any atom is -0.486 e. The molecule has 3 aromatic rings. The maximum absolute atomic E-state index is 15.0. The molecule has 2 amide bonds. The maximum atomic E-state index is 15.0. The number of piperazine rings is 1. The summed E-state index contributed by atoms with van der Waals surface area (Å²) in [5.41, 5.74) is 8.25. The largest absolute Gasteiger partial charge is 0.486 e. The third-order valence-corrected chi connectivity index (χ3v) is 7.51. The fourth-order valence-corrected chi connectivity index (χ4v) is 5.12. The summed E-state index contributed by atoms with van der Waals surface area (Å²) in [5.74, 6) is -1.66. The molecular weight excluding hydrogens is 477 g/mol. The van der Waals surface area contributed by atoms with Crippen molar-refractivity contribution >= 4 is 28.5 Å². The van der Waals surface area contributed by atoms with Crippen molar-refractivity contribution in [2.75, 3.05) is 38.1 Å². The van der Waals surface area contributed by atoms with Crippen molar-refractivity contribution in [3.63, 3.8) is 0 Å². The molecule has 2 aromatic carbocycles. The molecule has 2 heterocycles. The number of anilines is 1. The molecule has 1 aromatic heterocycles. The lowest BCUT2D eigenvalue weighted by molar-refractivity contribution is -0.134. The number of amides is 2. The Kier molecular flexibility index (Phi) is 6.70. The molecule has 4 N–H and O–H groups in total. The van der Waals surface area contributed by atoms with E-state index in [1.807, 2.05) is 30.3 Å². The van der Waals surface area contributed by atoms with E-state index in [-0.39, 0.29) is 25.2 Å². The lowest BCUT2D eigenvalue weighted by Crippen LogP contribution is -2.44. The zero-order valence-corrected chi connectivity index (χ0v) is 20.6. The number of para-hydroxylation sites is 1. The van der Waals surface area contributed by atoms with Crippen molar-refractivity contribution in [2.45, 2.75) is 19.4 Å². The number of ether oxygens (including phenoxy) is 1. The van der Waals surface area contributed by atoms with Crippen molar-refractivity contribution in [3.8, 4) is 5.75 Å². The SMILES string of the molecule is CN1CCN(c2cc(COc3ccc(C[C@]4(C(N)=O)C[C@@H]4C(=O)NO)cc3F)c3ccccc3n2)CC1. The summed E-state index contributed by atoms with van der Waals surface area (Å²) < 4.78 is 20.9. The van der Waals surface area contributed by atoms with E-state index in [0.717, 1.165) is 48.5 Å². The monoisotopic (exact) mass is 507 g/mol. The van der Waals surface area contributed by atoms with Gasteiger partial charge >= 0.3 is 0 Å². The number of pyridine rings is 1. The van der Waals surface area contributed by atoms with Crippen LogP contribution in [0.3, 0.4) is 0 Å². The molecule has 194 valence electrons. The smallest absolute Gasteiger partial charge is 0.247 e. The number of halogens is 1. The predicted molar refractivity (Wildman–Crippen MR) is 136 cm³/mol. The van der Waals surface area contributed by atoms with Gasteiger partial charge in [0, 0.05) is 37.1 Å². The number of carbonyl (C=O) groups excluding carboxylic acids is 2. The van der Waals surface area contributed by atoms with Crippen LogP contribution in [0.1, 0.15) is 17.5 Å². The third kappa shape index (κ3) is 4.94. The van der Waals surface area contributed by atoms with Crippen LogP contribution in [0.25, 0.3) is 10.9 Å². The van der Waals surface area contributed by atoms with E-state index in [2.05, 4.69) is 16.8 Å². The average Bonchev–Trinajstić information content (AvgIpc) is 3.63. The number of aromatic nitrogens is 1. The first-order valence-electron chi connectivity index (χ1n) is 12.3. The Bertz CT molecular complexity index is 1340. The number of nitrogens with one attached hydrogen (secondary N) is 1. The number of fused-ring (bicyclic) bond motifs is 1. The fourth-order valence-electron chi connectivity index (χ4n) is 5.12. The van der Waals surface area contributed by atoms with Gasteiger partial charge < -0.3 is 20.3 Å². The number of benzene rings is 2. The van der Waals surface area contributed by atoms with E-state index >= 15 is 4.39 Å². The average molecular weight is 508 g/mol. The van der Waals surface area contributed by atoms with Crippen LogP contribution < -0.4 is 20.9 Å². The van der Waals surface area contributed by atoms with Crippen LogP contribution in [-0.2, 0) is 22.6 Å². The second-order valence-corrected chi connectivity index (χ2v) is 9.93. The maximum Gasteiger partial charge on any atom is 0.247 e. The van der Waals surface area contributed by atoms with Crippen LogP contribution in [0.5, 0.6) is 5.75 Å². The molecule has 0 spiro atoms. The molecule has 1 saturated carbocycles. The van der Waals surface area contributed by atoms with E-state index in [9.17, 15) is 9.59 Å². The zero-order chi connectivity index (χ0) is 26.2. The first-order chi connectivity index (χ1) is 17.8. The van der Waals surface area contributed by atoms with Crippen molar-refractivity contribution in [1.82, 2.24) is 15.4 Å². The minimum absolute atomic E-state index is 0.0827. The second-order valence-electron chi connectivity index (χ2n) is 9.93. The fraction of sp³-hybridized carbons (Fsp3) is 0.370. The first-order valence-corrected chi connectivity index (χ1v) is 12.3. The van der Waals surface area contributed by atoms with Gasteiger partial charge in [0.15, 0.2) is 11.6 Å². The number of carbonyl (C=O) groups is 2. The molecule has 2 fully saturated rings. The molecule has 37 heavy (non-hydrogen) atoms. The van der Waals surface area contributed by atoms with Crippen LogP contribution in [0.2, 0.25) is 0 Å². The van der Waals surface area contributed by atoms with Gasteiger partial charge in [-0.05, 0) is 49.7 Å². The van der Waals surface area contributed by atoms with Crippen molar-refractivity contribution in [3.05, 3.63) is 65.5 Å². The van der Waals surface area contributed by atoms with Gasteiger partial charge in [0.1, 0.15) is 12.4 Å². The molecule has 0 bridgehead atoms. The Morgan fingerprint density at radius 1 is 1.19 bits per heavy atom. The van der Waals surface area contributed by atoms with E-state index in [4.69, 9.17) is 20.7 Å². The summed E-state index contributed by atoms with van der Waals surface area (Å²) in [6.07, 6.45) is 0.306. The van der Waals surface area contributed by atoms with Crippen LogP contribution in [0.4, 0.5) is 10.2 Å². The number of hydrogen-bond acceptors (Lipinski definition) is 7. The number of hydroxylamine groups is 1. The van der Waals surface area contributed by atoms with E-state index in [1.165, 1.54) is 12.1 Å². The highest BCUT2D eigenvalue weighted by molar-refractivity contribution is 5.95. The van der Waals surface area contributed by atoms with Crippen molar-refractivity contribution < 1.29 is 23.9 Å². The summed E-state index contributed by atoms with van der Waals surface area (Å²) in [7, 11) is 2.10. The van der Waals surface area contributed by atoms with Crippen LogP contribution in [0.15, 0.2) is 48.5 Å². The van der Waals surface area contributed by atoms with E-state index in [1.54, 1.807) is 11.5 Å². The summed E-state index contributed by atoms with van der Waals surface area (Å²) in [6.45, 7) is 3.84. The summed E-state index contributed by atoms with van der Waals surface area (Å²) in [6, 6.07) is 14.3. The van der Waals surface area contributed by atoms with Crippen LogP contribution in [-0.4, -0.2) is 60.1 Å². The summed E-state index contributed by atoms with van der Waals surface area (Å²) in [4.78, 5) is 33.2. The first kappa shape index (κ1) is 24.9. The lowest BCUT2D eigenvalue weighted by Gasteiger charge is -2.33. The lowest BCUT2D eigenvalue weighted by atomic mass is 9.92. The van der Waals surface area contributed by atoms with Gasteiger partial charge in [-0.25, -0.2) is 14.9 Å². The van der Waals surface area contributed by atoms with Crippen LogP contribution >= 0.6 is 0 Å². The quantitative estimate of drug-likeness (QED) is 0.316. The van der Waals surface area contributed by atoms with Gasteiger partial charge in [0.25, 0.3) is 0 Å². The minimum atomic E-state index is -1.13. The van der Waals surface area contributed by atoms with Crippen molar-refractivity contribution in [2.24, 2.45) is 17.1 Å². The molecule has 0 radical (unpaired) electrons. The second kappa shape index (κ2) is 9.95. The number of rotatable bonds is 8. The molecule has 1 aliphatic carbocycles. The molecule has 10 heteroatoms. The Labute approximate surface area is 214 Å². The molecule has 0 unspecified atom stereocenters. The molecule has 2 atom stereocenters. The Morgan fingerprint density at radius 2 is 1.95 bits per heavy atom. The van der Waals surface area contributed by atoms with Crippen molar-refractivity contribution in [1.29, 1.82) is 0 Å². The molecule has 1 aliphatic heterocycles. The summed E-state index contributed by atoms with van der Waals surface area (Å²) >= 11 is 0. The molecule has 2 aliphatic rings. The molecular formula is C27H30FN5O4. The number of likely N-dealkylation sites (N-methyl/N-ethyl adjacent to an activating group) is 1. The number of primary amides is 1. The van der Waals surface area contributed by atoms with Gasteiger partial charge in [-0.15, -0.1) is 0 Å². The Hall–Kier alpha value is -3.76. The van der Waals surface area contributed by atoms with Gasteiger partial charge in [-0.3, -0.25) is 14.8 Å². The molecule has 5 rings (SSSR count). The third-order valence-electron chi connectivity index (χ3n) is 7.51. The highest BCUT2D eigenvalue weighted by atomic mass is 19.1. The van der Waals surface area contributed by atoms with Gasteiger partial charge in [0.2, 0.25) is 11.8 Å². The summed E-state index contributed by atoms with van der Waals surface area (Å²) in [5, 5.41) is 9.84. The topological polar surface area (TPSA) is 121 Å². The molecule has 1 saturated heterocycles. The highest BCUT2D eigenvalue weighted by Gasteiger charge is 2.62. The standard InChI is InChI=1S/C27H30FN5O4/c1-32-8-10-33(11-9-32)24-13-18(19-4-2-3-5-22(19)30-24)16-37-23-7-6-17(12-21(23)28)14-27(26(29)35)15-20(27)25(34)31-36/h2-7,12-13,20,36H,8-11,14-16H2,1H3,(H2,29,35)(H,31,34)/t20-,27+/m1/s1. The molecule has 9 nitrogen and oxygen atoms in total. The van der Waals surface area contributed by atoms with Gasteiger partial charge in [0.05, 0.1) is 16.8 Å². The number of hydrogen-bond donors (Lipinski definition) is 3. The van der Waals surface area contributed by atoms with E-state index < -0.39 is 29.0 Å². The number of nitrogens with two attached hydrogens (primary N) is 1. The van der Waals surface area contributed by atoms with Crippen LogP contribution in [0, 0.1) is 17.2 Å².